The van der Waals surface area contributed by atoms with E-state index in [0.29, 0.717) is 0 Å². The van der Waals surface area contributed by atoms with Gasteiger partial charge in [0, 0.05) is 24.1 Å². The summed E-state index contributed by atoms with van der Waals surface area (Å²) in [6.45, 7) is 0.273. The lowest BCUT2D eigenvalue weighted by Crippen LogP contribution is -1.82. The van der Waals surface area contributed by atoms with Gasteiger partial charge in [-0.1, -0.05) is 0 Å². The van der Waals surface area contributed by atoms with Gasteiger partial charge in [-0.05, 0) is 30.4 Å². The summed E-state index contributed by atoms with van der Waals surface area (Å²) in [5.74, 6) is 0. The van der Waals surface area contributed by atoms with Crippen molar-refractivity contribution in [3.05, 3.63) is 23.6 Å². The molecule has 2 nitrogen and oxygen atoms in total. The van der Waals surface area contributed by atoms with Gasteiger partial charge in [0.15, 0.2) is 0 Å². The van der Waals surface area contributed by atoms with Crippen LogP contribution in [0.3, 0.4) is 0 Å². The number of rotatable bonds is 4. The zero-order chi connectivity index (χ0) is 7.23. The Labute approximate surface area is 64.7 Å². The van der Waals surface area contributed by atoms with E-state index in [-0.39, 0.29) is 6.61 Å². The number of aliphatic hydroxyl groups excluding tert-OH is 1. The lowest BCUT2D eigenvalue weighted by molar-refractivity contribution is 0.288. The van der Waals surface area contributed by atoms with E-state index in [1.165, 1.54) is 16.4 Å². The van der Waals surface area contributed by atoms with Gasteiger partial charge < -0.3 is 5.11 Å². The predicted molar refractivity (Wildman–Crippen MR) is 41.8 cm³/mol. The van der Waals surface area contributed by atoms with Crippen molar-refractivity contribution in [2.45, 2.75) is 12.8 Å². The van der Waals surface area contributed by atoms with Crippen molar-refractivity contribution in [3.8, 4) is 0 Å². The summed E-state index contributed by atoms with van der Waals surface area (Å²) >= 11 is 1.49. The van der Waals surface area contributed by atoms with Crippen molar-refractivity contribution in [1.82, 2.24) is 4.37 Å². The molecule has 0 aliphatic rings. The highest BCUT2D eigenvalue weighted by molar-refractivity contribution is 7.06. The van der Waals surface area contributed by atoms with Crippen LogP contribution in [0.25, 0.3) is 0 Å². The van der Waals surface area contributed by atoms with Crippen LogP contribution in [0.2, 0.25) is 0 Å². The SMILES string of the molecule is OCCC[CH]c1ccns1. The fourth-order valence-electron chi connectivity index (χ4n) is 0.667. The third kappa shape index (κ3) is 2.45. The zero-order valence-corrected chi connectivity index (χ0v) is 6.47. The minimum absolute atomic E-state index is 0.273. The van der Waals surface area contributed by atoms with E-state index in [1.807, 2.05) is 6.07 Å². The first-order chi connectivity index (χ1) is 4.93. The summed E-state index contributed by atoms with van der Waals surface area (Å²) in [5.41, 5.74) is 0. The Bertz CT molecular complexity index is 162. The molecular formula is C7H10NOS. The highest BCUT2D eigenvalue weighted by atomic mass is 32.1. The Morgan fingerprint density at radius 3 is 3.20 bits per heavy atom. The van der Waals surface area contributed by atoms with Crippen LogP contribution in [-0.4, -0.2) is 16.1 Å². The van der Waals surface area contributed by atoms with E-state index >= 15 is 0 Å². The predicted octanol–water partition coefficient (Wildman–Crippen LogP) is 1.47. The first kappa shape index (κ1) is 7.69. The lowest BCUT2D eigenvalue weighted by atomic mass is 10.2. The molecule has 0 aliphatic carbocycles. The van der Waals surface area contributed by atoms with Crippen LogP contribution in [0, 0.1) is 6.42 Å². The monoisotopic (exact) mass is 156 g/mol. The number of aliphatic hydroxyl groups is 1. The molecule has 1 aromatic rings. The standard InChI is InChI=1S/C7H10NOS/c9-6-2-1-3-7-4-5-8-10-7/h3-5,9H,1-2,6H2. The van der Waals surface area contributed by atoms with Gasteiger partial charge in [0.1, 0.15) is 0 Å². The molecule has 1 rings (SSSR count). The maximum absolute atomic E-state index is 8.46. The Morgan fingerprint density at radius 1 is 1.70 bits per heavy atom. The molecule has 3 heteroatoms. The Kier molecular flexibility index (Phi) is 3.40. The number of unbranched alkanes of at least 4 members (excludes halogenated alkanes) is 1. The fourth-order valence-corrected chi connectivity index (χ4v) is 1.22. The molecule has 1 aromatic heterocycles. The molecule has 0 atom stereocenters. The molecule has 55 valence electrons. The van der Waals surface area contributed by atoms with Crippen LogP contribution in [0.15, 0.2) is 12.3 Å². The summed E-state index contributed by atoms with van der Waals surface area (Å²) in [6, 6.07) is 1.97. The van der Waals surface area contributed by atoms with Crippen LogP contribution in [0.1, 0.15) is 17.7 Å². The van der Waals surface area contributed by atoms with Gasteiger partial charge in [0.2, 0.25) is 0 Å². The van der Waals surface area contributed by atoms with E-state index in [9.17, 15) is 0 Å². The second kappa shape index (κ2) is 4.41. The normalized spacial score (nSPS) is 10.1. The van der Waals surface area contributed by atoms with Crippen molar-refractivity contribution in [2.24, 2.45) is 0 Å². The molecule has 0 unspecified atom stereocenters. The molecule has 1 heterocycles. The summed E-state index contributed by atoms with van der Waals surface area (Å²) < 4.78 is 3.95. The molecule has 0 bridgehead atoms. The number of hydrogen-bond acceptors (Lipinski definition) is 3. The van der Waals surface area contributed by atoms with Gasteiger partial charge in [0.25, 0.3) is 0 Å². The van der Waals surface area contributed by atoms with Crippen molar-refractivity contribution in [2.75, 3.05) is 6.61 Å². The molecule has 0 fully saturated rings. The minimum Gasteiger partial charge on any atom is -0.396 e. The fraction of sp³-hybridized carbons (Fsp3) is 0.429. The van der Waals surface area contributed by atoms with Crippen LogP contribution in [0.4, 0.5) is 0 Å². The molecular weight excluding hydrogens is 146 g/mol. The van der Waals surface area contributed by atoms with Crippen LogP contribution < -0.4 is 0 Å². The molecule has 1 radical (unpaired) electrons. The average Bonchev–Trinajstić information content (AvgIpc) is 2.41. The van der Waals surface area contributed by atoms with E-state index < -0.39 is 0 Å². The second-order valence-electron chi connectivity index (χ2n) is 1.98. The highest BCUT2D eigenvalue weighted by Gasteiger charge is 1.93. The Balaban J connectivity index is 2.15. The first-order valence-electron chi connectivity index (χ1n) is 3.28. The van der Waals surface area contributed by atoms with Crippen LogP contribution in [-0.2, 0) is 0 Å². The van der Waals surface area contributed by atoms with Crippen LogP contribution >= 0.6 is 11.5 Å². The zero-order valence-electron chi connectivity index (χ0n) is 5.66. The van der Waals surface area contributed by atoms with Crippen molar-refractivity contribution >= 4 is 11.5 Å². The van der Waals surface area contributed by atoms with E-state index in [1.54, 1.807) is 6.20 Å². The summed E-state index contributed by atoms with van der Waals surface area (Å²) in [6.07, 6.45) is 5.67. The molecule has 1 N–H and O–H groups in total. The lowest BCUT2D eigenvalue weighted by Gasteiger charge is -1.91. The van der Waals surface area contributed by atoms with Gasteiger partial charge >= 0.3 is 0 Å². The maximum atomic E-state index is 8.46. The topological polar surface area (TPSA) is 33.1 Å². The molecule has 0 amide bonds. The van der Waals surface area contributed by atoms with Gasteiger partial charge in [-0.2, -0.15) is 0 Å². The van der Waals surface area contributed by atoms with Crippen molar-refractivity contribution in [3.63, 3.8) is 0 Å². The quantitative estimate of drug-likeness (QED) is 0.670. The van der Waals surface area contributed by atoms with Gasteiger partial charge in [0.05, 0.1) is 0 Å². The first-order valence-corrected chi connectivity index (χ1v) is 4.05. The average molecular weight is 156 g/mol. The van der Waals surface area contributed by atoms with Gasteiger partial charge in [-0.3, -0.25) is 0 Å². The molecule has 10 heavy (non-hydrogen) atoms. The summed E-state index contributed by atoms with van der Waals surface area (Å²) in [4.78, 5) is 1.19. The van der Waals surface area contributed by atoms with Crippen molar-refractivity contribution in [1.29, 1.82) is 0 Å². The Morgan fingerprint density at radius 2 is 2.60 bits per heavy atom. The number of nitrogens with zero attached hydrogens (tertiary/aromatic N) is 1. The highest BCUT2D eigenvalue weighted by Crippen LogP contribution is 2.10. The van der Waals surface area contributed by atoms with Gasteiger partial charge in [-0.25, -0.2) is 4.37 Å². The molecule has 0 aliphatic heterocycles. The number of aromatic nitrogens is 1. The van der Waals surface area contributed by atoms with Crippen molar-refractivity contribution < 1.29 is 5.11 Å². The second-order valence-corrected chi connectivity index (χ2v) is 2.85. The third-order valence-electron chi connectivity index (χ3n) is 1.17. The van der Waals surface area contributed by atoms with E-state index in [4.69, 9.17) is 5.11 Å². The molecule has 0 aromatic carbocycles. The van der Waals surface area contributed by atoms with Crippen LogP contribution in [0.5, 0.6) is 0 Å². The summed E-state index contributed by atoms with van der Waals surface area (Å²) in [5, 5.41) is 8.46. The maximum Gasteiger partial charge on any atom is 0.0431 e. The molecule has 0 spiro atoms. The summed E-state index contributed by atoms with van der Waals surface area (Å²) in [7, 11) is 0. The smallest absolute Gasteiger partial charge is 0.0431 e. The van der Waals surface area contributed by atoms with E-state index in [2.05, 4.69) is 10.8 Å². The largest absolute Gasteiger partial charge is 0.396 e. The number of hydrogen-bond donors (Lipinski definition) is 1. The van der Waals surface area contributed by atoms with E-state index in [0.717, 1.165) is 12.8 Å². The van der Waals surface area contributed by atoms with Gasteiger partial charge in [-0.15, -0.1) is 0 Å². The minimum atomic E-state index is 0.273. The Hall–Kier alpha value is -0.410. The molecule has 0 saturated heterocycles. The third-order valence-corrected chi connectivity index (χ3v) is 1.91. The molecule has 0 saturated carbocycles.